The molecule has 0 spiro atoms. The number of Topliss-reactive ketones (excluding diaryl/α,β-unsaturated/α-hetero) is 1. The number of anilines is 1. The van der Waals surface area contributed by atoms with Crippen LogP contribution in [-0.2, 0) is 0 Å². The summed E-state index contributed by atoms with van der Waals surface area (Å²) >= 11 is 0. The minimum atomic E-state index is -0.468. The van der Waals surface area contributed by atoms with E-state index in [1.807, 2.05) is 20.8 Å². The summed E-state index contributed by atoms with van der Waals surface area (Å²) in [6.07, 6.45) is 0.673. The highest BCUT2D eigenvalue weighted by Gasteiger charge is 2.25. The molecule has 4 heteroatoms. The molecule has 0 radical (unpaired) electrons. The van der Waals surface area contributed by atoms with Crippen LogP contribution in [0.3, 0.4) is 0 Å². The molecule has 4 N–H and O–H groups in total. The molecule has 1 aromatic rings. The minimum Gasteiger partial charge on any atom is -0.399 e. The first-order valence-corrected chi connectivity index (χ1v) is 6.18. The smallest absolute Gasteiger partial charge is 0.179 e. The fraction of sp³-hybridized carbons (Fsp3) is 0.500. The lowest BCUT2D eigenvalue weighted by atomic mass is 9.98. The molecule has 0 saturated heterocycles. The maximum Gasteiger partial charge on any atom is 0.179 e. The van der Waals surface area contributed by atoms with Gasteiger partial charge in [-0.1, -0.05) is 6.92 Å². The van der Waals surface area contributed by atoms with E-state index in [0.717, 1.165) is 0 Å². The van der Waals surface area contributed by atoms with Gasteiger partial charge in [-0.25, -0.2) is 0 Å². The van der Waals surface area contributed by atoms with Crippen LogP contribution in [0.5, 0.6) is 0 Å². The number of hydrogen-bond donors (Lipinski definition) is 3. The van der Waals surface area contributed by atoms with Crippen molar-refractivity contribution in [3.63, 3.8) is 0 Å². The third-order valence-electron chi connectivity index (χ3n) is 2.88. The molecule has 100 valence electrons. The number of carbonyl (C=O) groups is 1. The Hall–Kier alpha value is -1.39. The lowest BCUT2D eigenvalue weighted by molar-refractivity contribution is 0.0896. The summed E-state index contributed by atoms with van der Waals surface area (Å²) in [5, 5.41) is 12.4. The average molecular weight is 250 g/mol. The molecule has 0 amide bonds. The van der Waals surface area contributed by atoms with E-state index in [1.165, 1.54) is 0 Å². The first-order chi connectivity index (χ1) is 8.39. The monoisotopic (exact) mass is 250 g/mol. The van der Waals surface area contributed by atoms with Crippen LogP contribution < -0.4 is 11.1 Å². The predicted octanol–water partition coefficient (Wildman–Crippen LogP) is 1.59. The van der Waals surface area contributed by atoms with Gasteiger partial charge in [-0.05, 0) is 44.5 Å². The second-order valence-corrected chi connectivity index (χ2v) is 5.13. The zero-order chi connectivity index (χ0) is 13.8. The van der Waals surface area contributed by atoms with E-state index in [0.29, 0.717) is 17.7 Å². The largest absolute Gasteiger partial charge is 0.399 e. The first kappa shape index (κ1) is 14.7. The van der Waals surface area contributed by atoms with Gasteiger partial charge in [-0.3, -0.25) is 10.1 Å². The zero-order valence-corrected chi connectivity index (χ0v) is 11.2. The van der Waals surface area contributed by atoms with Gasteiger partial charge in [-0.15, -0.1) is 0 Å². The van der Waals surface area contributed by atoms with Crippen molar-refractivity contribution < 1.29 is 9.90 Å². The number of nitrogens with two attached hydrogens (primary N) is 1. The second-order valence-electron chi connectivity index (χ2n) is 5.13. The molecule has 0 bridgehead atoms. The predicted molar refractivity (Wildman–Crippen MR) is 73.6 cm³/mol. The van der Waals surface area contributed by atoms with Gasteiger partial charge in [0, 0.05) is 16.8 Å². The molecule has 0 saturated carbocycles. The normalized spacial score (nSPS) is 13.3. The average Bonchev–Trinajstić information content (AvgIpc) is 2.36. The molecular weight excluding hydrogens is 228 g/mol. The highest BCUT2D eigenvalue weighted by molar-refractivity contribution is 6.00. The summed E-state index contributed by atoms with van der Waals surface area (Å²) in [5.74, 6) is 0.0269. The summed E-state index contributed by atoms with van der Waals surface area (Å²) < 4.78 is 0. The lowest BCUT2D eigenvalue weighted by Crippen LogP contribution is -2.51. The number of ketones is 1. The fourth-order valence-electron chi connectivity index (χ4n) is 1.72. The third kappa shape index (κ3) is 3.82. The van der Waals surface area contributed by atoms with Crippen LogP contribution in [0.2, 0.25) is 0 Å². The molecule has 18 heavy (non-hydrogen) atoms. The van der Waals surface area contributed by atoms with Crippen LogP contribution >= 0.6 is 0 Å². The van der Waals surface area contributed by atoms with Crippen LogP contribution in [0.1, 0.15) is 37.6 Å². The van der Waals surface area contributed by atoms with E-state index in [2.05, 4.69) is 5.32 Å². The molecule has 1 atom stereocenters. The van der Waals surface area contributed by atoms with Crippen molar-refractivity contribution in [2.75, 3.05) is 12.3 Å². The molecule has 0 heterocycles. The molecule has 0 fully saturated rings. The molecular formula is C14H22N2O2. The molecule has 0 aliphatic carbocycles. The van der Waals surface area contributed by atoms with Gasteiger partial charge in [0.1, 0.15) is 0 Å². The Labute approximate surface area is 108 Å². The van der Waals surface area contributed by atoms with Gasteiger partial charge in [-0.2, -0.15) is 0 Å². The van der Waals surface area contributed by atoms with Gasteiger partial charge < -0.3 is 10.8 Å². The van der Waals surface area contributed by atoms with Gasteiger partial charge in [0.15, 0.2) is 5.78 Å². The maximum atomic E-state index is 12.3. The third-order valence-corrected chi connectivity index (χ3v) is 2.88. The lowest BCUT2D eigenvalue weighted by Gasteiger charge is -2.29. The van der Waals surface area contributed by atoms with E-state index in [-0.39, 0.29) is 18.4 Å². The van der Waals surface area contributed by atoms with Crippen molar-refractivity contribution in [3.05, 3.63) is 29.8 Å². The topological polar surface area (TPSA) is 75.3 Å². The van der Waals surface area contributed by atoms with Crippen molar-refractivity contribution in [1.29, 1.82) is 0 Å². The SMILES string of the molecule is CCC(NC(C)(C)CO)C(=O)c1ccc(N)cc1. The van der Waals surface area contributed by atoms with Crippen molar-refractivity contribution in [1.82, 2.24) is 5.32 Å². The highest BCUT2D eigenvalue weighted by Crippen LogP contribution is 2.12. The van der Waals surface area contributed by atoms with Crippen LogP contribution in [0, 0.1) is 0 Å². The van der Waals surface area contributed by atoms with E-state index >= 15 is 0 Å². The first-order valence-electron chi connectivity index (χ1n) is 6.18. The van der Waals surface area contributed by atoms with Crippen LogP contribution in [0.4, 0.5) is 5.69 Å². The molecule has 0 aromatic heterocycles. The molecule has 1 aromatic carbocycles. The van der Waals surface area contributed by atoms with Crippen molar-refractivity contribution in [3.8, 4) is 0 Å². The number of nitrogens with one attached hydrogen (secondary N) is 1. The van der Waals surface area contributed by atoms with Crippen LogP contribution in [0.25, 0.3) is 0 Å². The fourth-order valence-corrected chi connectivity index (χ4v) is 1.72. The van der Waals surface area contributed by atoms with Gasteiger partial charge in [0.25, 0.3) is 0 Å². The van der Waals surface area contributed by atoms with E-state index < -0.39 is 5.54 Å². The van der Waals surface area contributed by atoms with Crippen molar-refractivity contribution in [2.45, 2.75) is 38.8 Å². The number of aliphatic hydroxyl groups is 1. The molecule has 1 unspecified atom stereocenters. The van der Waals surface area contributed by atoms with Crippen LogP contribution in [0.15, 0.2) is 24.3 Å². The minimum absolute atomic E-state index is 0.0154. The Bertz CT molecular complexity index is 399. The quantitative estimate of drug-likeness (QED) is 0.529. The number of benzene rings is 1. The molecule has 0 aliphatic heterocycles. The number of rotatable bonds is 6. The summed E-state index contributed by atoms with van der Waals surface area (Å²) in [7, 11) is 0. The summed E-state index contributed by atoms with van der Waals surface area (Å²) in [6, 6.07) is 6.60. The Morgan fingerprint density at radius 2 is 1.94 bits per heavy atom. The standard InChI is InChI=1S/C14H22N2O2/c1-4-12(16-14(2,3)9-17)13(18)10-5-7-11(15)8-6-10/h5-8,12,16-17H,4,9,15H2,1-3H3. The summed E-state index contributed by atoms with van der Waals surface area (Å²) in [4.78, 5) is 12.3. The second kappa shape index (κ2) is 5.98. The Balaban J connectivity index is 2.82. The molecule has 4 nitrogen and oxygen atoms in total. The number of aliphatic hydroxyl groups excluding tert-OH is 1. The number of carbonyl (C=O) groups excluding carboxylic acids is 1. The van der Waals surface area contributed by atoms with Crippen LogP contribution in [-0.4, -0.2) is 29.1 Å². The Morgan fingerprint density at radius 1 is 1.39 bits per heavy atom. The molecule has 1 rings (SSSR count). The summed E-state index contributed by atoms with van der Waals surface area (Å²) in [5.41, 5.74) is 6.41. The summed E-state index contributed by atoms with van der Waals surface area (Å²) in [6.45, 7) is 5.66. The van der Waals surface area contributed by atoms with Crippen molar-refractivity contribution in [2.24, 2.45) is 0 Å². The number of nitrogen functional groups attached to an aromatic ring is 1. The Kier molecular flexibility index (Phi) is 4.87. The van der Waals surface area contributed by atoms with E-state index in [4.69, 9.17) is 5.73 Å². The zero-order valence-electron chi connectivity index (χ0n) is 11.2. The Morgan fingerprint density at radius 3 is 2.39 bits per heavy atom. The van der Waals surface area contributed by atoms with Gasteiger partial charge in [0.2, 0.25) is 0 Å². The number of hydrogen-bond acceptors (Lipinski definition) is 4. The molecule has 0 aliphatic rings. The van der Waals surface area contributed by atoms with E-state index in [1.54, 1.807) is 24.3 Å². The van der Waals surface area contributed by atoms with Crippen molar-refractivity contribution >= 4 is 11.5 Å². The van der Waals surface area contributed by atoms with E-state index in [9.17, 15) is 9.90 Å². The maximum absolute atomic E-state index is 12.3. The van der Waals surface area contributed by atoms with Gasteiger partial charge >= 0.3 is 0 Å². The van der Waals surface area contributed by atoms with Gasteiger partial charge in [0.05, 0.1) is 12.6 Å². The highest BCUT2D eigenvalue weighted by atomic mass is 16.3.